The lowest BCUT2D eigenvalue weighted by atomic mass is 10.2. The van der Waals surface area contributed by atoms with Gasteiger partial charge in [0, 0.05) is 28.6 Å². The first-order valence-corrected chi connectivity index (χ1v) is 7.42. The smallest absolute Gasteiger partial charge is 0.270 e. The Morgan fingerprint density at radius 1 is 1.33 bits per heavy atom. The highest BCUT2D eigenvalue weighted by Crippen LogP contribution is 2.28. The maximum absolute atomic E-state index is 13.6. The largest absolute Gasteiger partial charge is 0.488 e. The topological polar surface area (TPSA) is 52.4 Å². The molecule has 0 aromatic heterocycles. The number of hydrogen-bond donors (Lipinski definition) is 0. The molecule has 0 radical (unpaired) electrons. The molecule has 0 unspecified atom stereocenters. The zero-order valence-electron chi connectivity index (χ0n) is 10.7. The quantitative estimate of drug-likeness (QED) is 0.426. The molecule has 0 saturated heterocycles. The molecule has 0 saturated carbocycles. The summed E-state index contributed by atoms with van der Waals surface area (Å²) in [7, 11) is 0. The summed E-state index contributed by atoms with van der Waals surface area (Å²) in [4.78, 5) is 10.2. The number of alkyl halides is 1. The molecular formula is C14H10BrClFNO3. The van der Waals surface area contributed by atoms with Crippen LogP contribution in [0, 0.1) is 15.9 Å². The van der Waals surface area contributed by atoms with Crippen molar-refractivity contribution in [3.05, 3.63) is 68.5 Å². The molecule has 0 atom stereocenters. The lowest BCUT2D eigenvalue weighted by Gasteiger charge is -2.11. The lowest BCUT2D eigenvalue weighted by molar-refractivity contribution is -0.384. The van der Waals surface area contributed by atoms with Gasteiger partial charge < -0.3 is 4.74 Å². The van der Waals surface area contributed by atoms with Crippen LogP contribution in [0.2, 0.25) is 5.02 Å². The van der Waals surface area contributed by atoms with Crippen molar-refractivity contribution in [3.8, 4) is 5.75 Å². The third-order valence-corrected chi connectivity index (χ3v) is 3.79. The van der Waals surface area contributed by atoms with E-state index < -0.39 is 10.7 Å². The molecule has 0 aliphatic rings. The summed E-state index contributed by atoms with van der Waals surface area (Å²) in [5, 5.41) is 11.4. The fourth-order valence-corrected chi connectivity index (χ4v) is 2.40. The Hall–Kier alpha value is -1.66. The minimum atomic E-state index is -0.482. The summed E-state index contributed by atoms with van der Waals surface area (Å²) >= 11 is 9.16. The molecule has 110 valence electrons. The predicted octanol–water partition coefficient (Wildman–Crippen LogP) is 4.86. The fourth-order valence-electron chi connectivity index (χ4n) is 1.74. The van der Waals surface area contributed by atoms with Gasteiger partial charge in [0.15, 0.2) is 0 Å². The van der Waals surface area contributed by atoms with Crippen molar-refractivity contribution < 1.29 is 14.1 Å². The van der Waals surface area contributed by atoms with Crippen molar-refractivity contribution in [2.75, 3.05) is 0 Å². The number of nitrogens with zero attached hydrogens (tertiary/aromatic N) is 1. The van der Waals surface area contributed by atoms with Gasteiger partial charge in [-0.2, -0.15) is 0 Å². The van der Waals surface area contributed by atoms with E-state index in [1.54, 1.807) is 6.07 Å². The monoisotopic (exact) mass is 373 g/mol. The van der Waals surface area contributed by atoms with Crippen LogP contribution in [0.3, 0.4) is 0 Å². The van der Waals surface area contributed by atoms with Gasteiger partial charge >= 0.3 is 0 Å². The second kappa shape index (κ2) is 6.87. The number of hydrogen-bond acceptors (Lipinski definition) is 3. The molecule has 0 heterocycles. The third kappa shape index (κ3) is 3.71. The van der Waals surface area contributed by atoms with Crippen LogP contribution in [0.15, 0.2) is 36.4 Å². The zero-order chi connectivity index (χ0) is 15.4. The number of benzene rings is 2. The predicted molar refractivity (Wildman–Crippen MR) is 81.5 cm³/mol. The van der Waals surface area contributed by atoms with Crippen molar-refractivity contribution in [3.63, 3.8) is 0 Å². The van der Waals surface area contributed by atoms with Crippen LogP contribution >= 0.6 is 27.5 Å². The Kier molecular flexibility index (Phi) is 5.14. The van der Waals surface area contributed by atoms with E-state index in [0.29, 0.717) is 16.6 Å². The van der Waals surface area contributed by atoms with Gasteiger partial charge in [0.25, 0.3) is 5.69 Å². The minimum Gasteiger partial charge on any atom is -0.488 e. The summed E-state index contributed by atoms with van der Waals surface area (Å²) in [6.07, 6.45) is 0. The van der Waals surface area contributed by atoms with Gasteiger partial charge in [-0.15, -0.1) is 0 Å². The molecule has 0 aliphatic heterocycles. The van der Waals surface area contributed by atoms with Crippen LogP contribution in [0.1, 0.15) is 11.1 Å². The Morgan fingerprint density at radius 2 is 2.10 bits per heavy atom. The normalized spacial score (nSPS) is 10.4. The zero-order valence-corrected chi connectivity index (χ0v) is 13.0. The third-order valence-electron chi connectivity index (χ3n) is 2.83. The number of non-ortho nitro benzene ring substituents is 1. The maximum atomic E-state index is 13.6. The van der Waals surface area contributed by atoms with Gasteiger partial charge in [0.2, 0.25) is 0 Å². The Morgan fingerprint density at radius 3 is 2.71 bits per heavy atom. The lowest BCUT2D eigenvalue weighted by Crippen LogP contribution is -2.01. The van der Waals surface area contributed by atoms with Gasteiger partial charge in [-0.25, -0.2) is 4.39 Å². The average molecular weight is 375 g/mol. The van der Waals surface area contributed by atoms with Crippen molar-refractivity contribution in [1.29, 1.82) is 0 Å². The number of nitro groups is 1. The number of halogens is 3. The highest BCUT2D eigenvalue weighted by Gasteiger charge is 2.13. The summed E-state index contributed by atoms with van der Waals surface area (Å²) < 4.78 is 19.2. The molecule has 0 fully saturated rings. The van der Waals surface area contributed by atoms with Crippen LogP contribution in [-0.2, 0) is 11.9 Å². The van der Waals surface area contributed by atoms with E-state index in [1.165, 1.54) is 30.3 Å². The van der Waals surface area contributed by atoms with Gasteiger partial charge in [-0.1, -0.05) is 33.6 Å². The van der Waals surface area contributed by atoms with Crippen LogP contribution < -0.4 is 4.74 Å². The first kappa shape index (κ1) is 15.7. The molecule has 0 spiro atoms. The molecule has 0 amide bonds. The average Bonchev–Trinajstić information content (AvgIpc) is 2.46. The molecule has 7 heteroatoms. The molecule has 2 aromatic rings. The van der Waals surface area contributed by atoms with Crippen LogP contribution in [0.4, 0.5) is 10.1 Å². The molecule has 0 bridgehead atoms. The van der Waals surface area contributed by atoms with Crippen LogP contribution in [0.5, 0.6) is 5.75 Å². The van der Waals surface area contributed by atoms with Crippen molar-refractivity contribution in [2.45, 2.75) is 11.9 Å². The Labute approximate surface area is 133 Å². The van der Waals surface area contributed by atoms with Gasteiger partial charge in [0.05, 0.1) is 9.95 Å². The van der Waals surface area contributed by atoms with E-state index in [1.807, 2.05) is 0 Å². The van der Waals surface area contributed by atoms with Crippen molar-refractivity contribution in [1.82, 2.24) is 0 Å². The highest BCUT2D eigenvalue weighted by atomic mass is 79.9. The molecule has 0 N–H and O–H groups in total. The molecular weight excluding hydrogens is 365 g/mol. The first-order valence-electron chi connectivity index (χ1n) is 5.92. The number of nitro benzene ring substituents is 1. The summed E-state index contributed by atoms with van der Waals surface area (Å²) in [5.74, 6) is -0.0124. The SMILES string of the molecule is O=[N+]([O-])c1ccc(OCc2c(F)cccc2Cl)c(CBr)c1. The van der Waals surface area contributed by atoms with E-state index >= 15 is 0 Å². The summed E-state index contributed by atoms with van der Waals surface area (Å²) in [5.41, 5.74) is 0.829. The molecule has 2 aromatic carbocycles. The van der Waals surface area contributed by atoms with Crippen LogP contribution in [0.25, 0.3) is 0 Å². The van der Waals surface area contributed by atoms with E-state index in [4.69, 9.17) is 16.3 Å². The highest BCUT2D eigenvalue weighted by molar-refractivity contribution is 9.08. The molecule has 21 heavy (non-hydrogen) atoms. The first-order chi connectivity index (χ1) is 10.0. The van der Waals surface area contributed by atoms with E-state index in [0.717, 1.165) is 0 Å². The van der Waals surface area contributed by atoms with Crippen LogP contribution in [-0.4, -0.2) is 4.92 Å². The molecule has 0 aliphatic carbocycles. The van der Waals surface area contributed by atoms with E-state index in [9.17, 15) is 14.5 Å². The van der Waals surface area contributed by atoms with Gasteiger partial charge in [-0.05, 0) is 18.2 Å². The Balaban J connectivity index is 2.22. The second-order valence-electron chi connectivity index (χ2n) is 4.17. The minimum absolute atomic E-state index is 0.0271. The summed E-state index contributed by atoms with van der Waals surface area (Å²) in [6, 6.07) is 8.62. The van der Waals surface area contributed by atoms with Crippen molar-refractivity contribution >= 4 is 33.2 Å². The van der Waals surface area contributed by atoms with E-state index in [-0.39, 0.29) is 22.9 Å². The maximum Gasteiger partial charge on any atom is 0.270 e. The number of rotatable bonds is 5. The van der Waals surface area contributed by atoms with E-state index in [2.05, 4.69) is 15.9 Å². The van der Waals surface area contributed by atoms with Gasteiger partial charge in [0.1, 0.15) is 18.2 Å². The Bertz CT molecular complexity index is 661. The fraction of sp³-hybridized carbons (Fsp3) is 0.143. The molecule has 4 nitrogen and oxygen atoms in total. The van der Waals surface area contributed by atoms with Crippen molar-refractivity contribution in [2.24, 2.45) is 0 Å². The second-order valence-corrected chi connectivity index (χ2v) is 5.14. The standard InChI is InChI=1S/C14H10BrClFNO3/c15-7-9-6-10(18(19)20)4-5-14(9)21-8-11-12(16)2-1-3-13(11)17/h1-6H,7-8H2. The molecule has 2 rings (SSSR count). The number of ether oxygens (including phenoxy) is 1. The van der Waals surface area contributed by atoms with Gasteiger partial charge in [-0.3, -0.25) is 10.1 Å². The summed E-state index contributed by atoms with van der Waals surface area (Å²) in [6.45, 7) is -0.0523.